The molecule has 1 amide bonds. The summed E-state index contributed by atoms with van der Waals surface area (Å²) in [6.45, 7) is 2.20. The number of amides is 1. The summed E-state index contributed by atoms with van der Waals surface area (Å²) < 4.78 is 24.9. The van der Waals surface area contributed by atoms with Gasteiger partial charge >= 0.3 is 0 Å². The molecule has 0 aliphatic carbocycles. The highest BCUT2D eigenvalue weighted by molar-refractivity contribution is 7.91. The van der Waals surface area contributed by atoms with Gasteiger partial charge in [0.2, 0.25) is 0 Å². The lowest BCUT2D eigenvalue weighted by Crippen LogP contribution is -2.38. The number of hydrogen-bond donors (Lipinski definition) is 0. The highest BCUT2D eigenvalue weighted by atomic mass is 35.5. The molecule has 1 saturated heterocycles. The number of hydrogen-bond acceptors (Lipinski definition) is 4. The van der Waals surface area contributed by atoms with Crippen molar-refractivity contribution in [1.82, 2.24) is 14.7 Å². The first kappa shape index (κ1) is 17.9. The predicted molar refractivity (Wildman–Crippen MR) is 96.7 cm³/mol. The van der Waals surface area contributed by atoms with Gasteiger partial charge < -0.3 is 4.90 Å². The minimum Gasteiger partial charge on any atom is -0.338 e. The number of aryl methyl sites for hydroxylation is 1. The summed E-state index contributed by atoms with van der Waals surface area (Å²) in [5.41, 5.74) is 1.91. The molecule has 25 heavy (non-hydrogen) atoms. The second-order valence-electron chi connectivity index (χ2n) is 6.37. The van der Waals surface area contributed by atoms with Gasteiger partial charge in [-0.15, -0.1) is 0 Å². The normalized spacial score (nSPS) is 19.1. The van der Waals surface area contributed by atoms with Crippen LogP contribution in [0, 0.1) is 6.92 Å². The first-order chi connectivity index (χ1) is 11.8. The first-order valence-corrected chi connectivity index (χ1v) is 10.2. The lowest BCUT2D eigenvalue weighted by atomic mass is 10.2. The first-order valence-electron chi connectivity index (χ1n) is 8.03. The van der Waals surface area contributed by atoms with Crippen molar-refractivity contribution in [2.45, 2.75) is 25.9 Å². The summed E-state index contributed by atoms with van der Waals surface area (Å²) in [6, 6.07) is 9.40. The highest BCUT2D eigenvalue weighted by Crippen LogP contribution is 2.25. The van der Waals surface area contributed by atoms with Crippen LogP contribution in [-0.4, -0.2) is 53.6 Å². The van der Waals surface area contributed by atoms with Gasteiger partial charge in [0.15, 0.2) is 9.84 Å². The van der Waals surface area contributed by atoms with Crippen molar-refractivity contribution < 1.29 is 13.2 Å². The van der Waals surface area contributed by atoms with Gasteiger partial charge in [-0.1, -0.05) is 41.9 Å². The zero-order chi connectivity index (χ0) is 18.2. The fourth-order valence-electron chi connectivity index (χ4n) is 3.08. The van der Waals surface area contributed by atoms with Crippen LogP contribution in [-0.2, 0) is 16.4 Å². The average Bonchev–Trinajstić information content (AvgIpc) is 3.06. The smallest absolute Gasteiger partial charge is 0.258 e. The van der Waals surface area contributed by atoms with E-state index in [4.69, 9.17) is 11.6 Å². The second kappa shape index (κ2) is 6.80. The van der Waals surface area contributed by atoms with Crippen molar-refractivity contribution in [3.8, 4) is 0 Å². The molecule has 134 valence electrons. The van der Waals surface area contributed by atoms with Crippen molar-refractivity contribution in [1.29, 1.82) is 0 Å². The minimum atomic E-state index is -3.06. The third-order valence-corrected chi connectivity index (χ3v) is 6.67. The monoisotopic (exact) mass is 381 g/mol. The predicted octanol–water partition coefficient (Wildman–Crippen LogP) is 2.15. The lowest BCUT2D eigenvalue weighted by Gasteiger charge is -2.23. The number of carbonyl (C=O) groups is 1. The molecule has 0 bridgehead atoms. The molecule has 1 aromatic carbocycles. The Balaban J connectivity index is 1.83. The van der Waals surface area contributed by atoms with Crippen LogP contribution in [0.15, 0.2) is 30.3 Å². The Morgan fingerprint density at radius 1 is 1.36 bits per heavy atom. The standard InChI is InChI=1S/C17H20ClN3O3S/c1-12-15(17(22)20(2)14-8-9-25(23,24)11-14)16(18)21(19-12)10-13-6-4-3-5-7-13/h3-7,14H,8-11H2,1-2H3. The fraction of sp³-hybridized carbons (Fsp3) is 0.412. The van der Waals surface area contributed by atoms with E-state index in [0.29, 0.717) is 24.2 Å². The fourth-order valence-corrected chi connectivity index (χ4v) is 5.17. The molecular formula is C17H20ClN3O3S. The van der Waals surface area contributed by atoms with Gasteiger partial charge in [0, 0.05) is 13.1 Å². The van der Waals surface area contributed by atoms with Crippen LogP contribution >= 0.6 is 11.6 Å². The van der Waals surface area contributed by atoms with Crippen molar-refractivity contribution >= 4 is 27.3 Å². The van der Waals surface area contributed by atoms with Crippen LogP contribution in [0.3, 0.4) is 0 Å². The van der Waals surface area contributed by atoms with Gasteiger partial charge in [0.05, 0.1) is 29.3 Å². The Bertz CT molecular complexity index is 893. The van der Waals surface area contributed by atoms with E-state index in [9.17, 15) is 13.2 Å². The van der Waals surface area contributed by atoms with Crippen molar-refractivity contribution in [3.05, 3.63) is 52.3 Å². The molecule has 1 fully saturated rings. The zero-order valence-electron chi connectivity index (χ0n) is 14.1. The third-order valence-electron chi connectivity index (χ3n) is 4.53. The number of sulfone groups is 1. The molecule has 1 aliphatic heterocycles. The summed E-state index contributed by atoms with van der Waals surface area (Å²) in [7, 11) is -1.44. The van der Waals surface area contributed by atoms with Gasteiger partial charge in [-0.25, -0.2) is 13.1 Å². The number of halogens is 1. The van der Waals surface area contributed by atoms with E-state index in [1.165, 1.54) is 4.90 Å². The van der Waals surface area contributed by atoms with E-state index in [0.717, 1.165) is 5.56 Å². The summed E-state index contributed by atoms with van der Waals surface area (Å²) in [4.78, 5) is 14.3. The van der Waals surface area contributed by atoms with E-state index in [2.05, 4.69) is 5.10 Å². The maximum atomic E-state index is 12.8. The van der Waals surface area contributed by atoms with Crippen LogP contribution in [0.1, 0.15) is 28.0 Å². The topological polar surface area (TPSA) is 72.3 Å². The molecule has 2 aromatic rings. The van der Waals surface area contributed by atoms with Gasteiger partial charge in [-0.2, -0.15) is 5.10 Å². The number of carbonyl (C=O) groups excluding carboxylic acids is 1. The lowest BCUT2D eigenvalue weighted by molar-refractivity contribution is 0.0747. The molecule has 2 heterocycles. The largest absolute Gasteiger partial charge is 0.338 e. The van der Waals surface area contributed by atoms with E-state index >= 15 is 0 Å². The molecule has 1 aliphatic rings. The Hall–Kier alpha value is -1.86. The van der Waals surface area contributed by atoms with Crippen LogP contribution in [0.25, 0.3) is 0 Å². The highest BCUT2D eigenvalue weighted by Gasteiger charge is 2.34. The van der Waals surface area contributed by atoms with Crippen molar-refractivity contribution in [3.63, 3.8) is 0 Å². The van der Waals surface area contributed by atoms with Crippen LogP contribution in [0.5, 0.6) is 0 Å². The van der Waals surface area contributed by atoms with E-state index in [1.54, 1.807) is 18.7 Å². The van der Waals surface area contributed by atoms with Gasteiger partial charge in [0.1, 0.15) is 5.15 Å². The zero-order valence-corrected chi connectivity index (χ0v) is 15.7. The van der Waals surface area contributed by atoms with Gasteiger partial charge in [0.25, 0.3) is 5.91 Å². The molecule has 0 N–H and O–H groups in total. The molecular weight excluding hydrogens is 362 g/mol. The molecule has 0 spiro atoms. The second-order valence-corrected chi connectivity index (χ2v) is 8.95. The molecule has 3 rings (SSSR count). The number of benzene rings is 1. The summed E-state index contributed by atoms with van der Waals surface area (Å²) >= 11 is 6.42. The molecule has 1 aromatic heterocycles. The minimum absolute atomic E-state index is 0.00403. The average molecular weight is 382 g/mol. The molecule has 6 nitrogen and oxygen atoms in total. The maximum absolute atomic E-state index is 12.8. The molecule has 0 saturated carbocycles. The number of nitrogens with zero attached hydrogens (tertiary/aromatic N) is 3. The number of rotatable bonds is 4. The Morgan fingerprint density at radius 2 is 2.04 bits per heavy atom. The van der Waals surface area contributed by atoms with E-state index < -0.39 is 9.84 Å². The molecule has 8 heteroatoms. The van der Waals surface area contributed by atoms with E-state index in [-0.39, 0.29) is 28.6 Å². The summed E-state index contributed by atoms with van der Waals surface area (Å²) in [6.07, 6.45) is 0.458. The molecule has 1 atom stereocenters. The van der Waals surface area contributed by atoms with Gasteiger partial charge in [-0.05, 0) is 18.9 Å². The summed E-state index contributed by atoms with van der Waals surface area (Å²) in [5.74, 6) is -0.164. The van der Waals surface area contributed by atoms with Crippen LogP contribution in [0.2, 0.25) is 5.15 Å². The van der Waals surface area contributed by atoms with Crippen LogP contribution in [0.4, 0.5) is 0 Å². The van der Waals surface area contributed by atoms with Crippen molar-refractivity contribution in [2.75, 3.05) is 18.6 Å². The Labute approximate surface area is 152 Å². The van der Waals surface area contributed by atoms with Crippen molar-refractivity contribution in [2.24, 2.45) is 0 Å². The number of aromatic nitrogens is 2. The maximum Gasteiger partial charge on any atom is 0.258 e. The summed E-state index contributed by atoms with van der Waals surface area (Å²) in [5, 5.41) is 4.66. The third kappa shape index (κ3) is 3.72. The van der Waals surface area contributed by atoms with Crippen LogP contribution < -0.4 is 0 Å². The molecule has 1 unspecified atom stereocenters. The Kier molecular flexibility index (Phi) is 4.88. The quantitative estimate of drug-likeness (QED) is 0.813. The van der Waals surface area contributed by atoms with Gasteiger partial charge in [-0.3, -0.25) is 4.79 Å². The molecule has 0 radical (unpaired) electrons. The Morgan fingerprint density at radius 3 is 2.64 bits per heavy atom. The SMILES string of the molecule is Cc1nn(Cc2ccccc2)c(Cl)c1C(=O)N(C)C1CCS(=O)(=O)C1. The van der Waals surface area contributed by atoms with E-state index in [1.807, 2.05) is 30.3 Å².